The summed E-state index contributed by atoms with van der Waals surface area (Å²) < 4.78 is 56.6. The third-order valence-electron chi connectivity index (χ3n) is 5.82. The van der Waals surface area contributed by atoms with Crippen LogP contribution in [0, 0.1) is 0 Å². The lowest BCUT2D eigenvalue weighted by Gasteiger charge is -2.38. The first-order chi connectivity index (χ1) is 16.2. The lowest BCUT2D eigenvalue weighted by atomic mass is 10.00. The van der Waals surface area contributed by atoms with Crippen LogP contribution in [0.1, 0.15) is 36.8 Å². The van der Waals surface area contributed by atoms with Crippen LogP contribution in [0.15, 0.2) is 24.3 Å². The first-order valence-electron chi connectivity index (χ1n) is 11.3. The minimum absolute atomic E-state index is 0. The van der Waals surface area contributed by atoms with E-state index in [9.17, 15) is 31.5 Å². The van der Waals surface area contributed by atoms with Gasteiger partial charge in [-0.05, 0) is 36.8 Å². The van der Waals surface area contributed by atoms with Crippen LogP contribution in [-0.4, -0.2) is 91.1 Å². The van der Waals surface area contributed by atoms with Crippen molar-refractivity contribution < 1.29 is 41.4 Å². The van der Waals surface area contributed by atoms with Gasteiger partial charge < -0.3 is 15.1 Å². The normalized spacial score (nSPS) is 20.8. The summed E-state index contributed by atoms with van der Waals surface area (Å²) in [5.41, 5.74) is 1.80. The Morgan fingerprint density at radius 1 is 1.08 bits per heavy atom. The number of rotatable bonds is 7. The molecule has 206 valence electrons. The number of aliphatic carboxylic acids is 1. The van der Waals surface area contributed by atoms with Gasteiger partial charge in [-0.1, -0.05) is 24.3 Å². The van der Waals surface area contributed by atoms with Gasteiger partial charge in [0.05, 0.1) is 18.8 Å². The molecule has 0 aromatic heterocycles. The van der Waals surface area contributed by atoms with Crippen LogP contribution in [0.2, 0.25) is 0 Å². The van der Waals surface area contributed by atoms with Gasteiger partial charge in [0.1, 0.15) is 0 Å². The van der Waals surface area contributed by atoms with Crippen molar-refractivity contribution in [2.45, 2.75) is 57.0 Å². The molecule has 0 spiro atoms. The second-order valence-corrected chi connectivity index (χ2v) is 10.7. The van der Waals surface area contributed by atoms with Crippen LogP contribution < -0.4 is 4.72 Å². The molecule has 1 aromatic rings. The average molecular weight is 560 g/mol. The highest BCUT2D eigenvalue weighted by molar-refractivity contribution is 7.88. The number of carboxylic acids is 1. The molecule has 1 aromatic carbocycles. The molecule has 2 fully saturated rings. The lowest BCUT2D eigenvalue weighted by Crippen LogP contribution is -2.49. The number of carbonyl (C=O) groups is 2. The number of aliphatic hydroxyl groups is 1. The van der Waals surface area contributed by atoms with Crippen LogP contribution in [0.3, 0.4) is 0 Å². The van der Waals surface area contributed by atoms with Crippen LogP contribution in [0.25, 0.3) is 0 Å². The molecular formula is C22H33ClF3N3O6S. The minimum Gasteiger partial charge on any atom is -0.475 e. The highest BCUT2D eigenvalue weighted by atomic mass is 35.5. The number of piperidine rings is 1. The molecule has 2 atom stereocenters. The van der Waals surface area contributed by atoms with Gasteiger partial charge in [0.15, 0.2) is 0 Å². The van der Waals surface area contributed by atoms with Crippen molar-refractivity contribution in [2.24, 2.45) is 0 Å². The molecule has 1 unspecified atom stereocenters. The maximum Gasteiger partial charge on any atom is 0.490 e. The molecule has 1 amide bonds. The number of hydrogen-bond acceptors (Lipinski definition) is 6. The average Bonchev–Trinajstić information content (AvgIpc) is 3.17. The first kappa shape index (κ1) is 32.1. The number of nitrogens with one attached hydrogen (secondary N) is 1. The number of halogens is 4. The van der Waals surface area contributed by atoms with Crippen LogP contribution in [-0.2, 0) is 32.6 Å². The van der Waals surface area contributed by atoms with E-state index >= 15 is 0 Å². The molecule has 3 rings (SSSR count). The molecule has 2 heterocycles. The number of carboxylic acid groups (broad SMARTS) is 1. The third kappa shape index (κ3) is 11.4. The van der Waals surface area contributed by atoms with Crippen molar-refractivity contribution in [2.75, 3.05) is 32.4 Å². The summed E-state index contributed by atoms with van der Waals surface area (Å²) in [5.74, 6) is -2.61. The van der Waals surface area contributed by atoms with Crippen molar-refractivity contribution in [3.05, 3.63) is 35.4 Å². The number of sulfonamides is 1. The predicted molar refractivity (Wildman–Crippen MR) is 129 cm³/mol. The Balaban J connectivity index is 0.000000712. The molecule has 0 saturated carbocycles. The Hall–Kier alpha value is -1.93. The third-order valence-corrected chi connectivity index (χ3v) is 6.49. The van der Waals surface area contributed by atoms with Crippen molar-refractivity contribution in [3.63, 3.8) is 0 Å². The predicted octanol–water partition coefficient (Wildman–Crippen LogP) is 1.78. The SMILES string of the molecule is CS(=O)(=O)NCc1ccc(CC(=O)N2CCCC[C@H]2CN2CCC(O)C2)cc1.Cl.O=C(O)C(F)(F)F. The number of amides is 1. The summed E-state index contributed by atoms with van der Waals surface area (Å²) in [5, 5.41) is 16.9. The zero-order valence-corrected chi connectivity index (χ0v) is 21.5. The number of alkyl halides is 3. The topological polar surface area (TPSA) is 127 Å². The summed E-state index contributed by atoms with van der Waals surface area (Å²) in [7, 11) is -3.22. The molecular weight excluding hydrogens is 527 g/mol. The molecule has 2 aliphatic heterocycles. The fourth-order valence-electron chi connectivity index (χ4n) is 4.06. The number of likely N-dealkylation sites (tertiary alicyclic amines) is 2. The molecule has 9 nitrogen and oxygen atoms in total. The molecule has 0 bridgehead atoms. The van der Waals surface area contributed by atoms with E-state index in [1.807, 2.05) is 29.2 Å². The van der Waals surface area contributed by atoms with Crippen molar-refractivity contribution >= 4 is 34.3 Å². The molecule has 0 aliphatic carbocycles. The van der Waals surface area contributed by atoms with Crippen LogP contribution in [0.5, 0.6) is 0 Å². The summed E-state index contributed by atoms with van der Waals surface area (Å²) >= 11 is 0. The number of nitrogens with zero attached hydrogens (tertiary/aromatic N) is 2. The number of hydrogen-bond donors (Lipinski definition) is 3. The number of carbonyl (C=O) groups excluding carboxylic acids is 1. The Bertz CT molecular complexity index is 963. The van der Waals surface area contributed by atoms with Gasteiger partial charge in [-0.2, -0.15) is 13.2 Å². The molecule has 14 heteroatoms. The lowest BCUT2D eigenvalue weighted by molar-refractivity contribution is -0.192. The zero-order chi connectivity index (χ0) is 26.2. The van der Waals surface area contributed by atoms with E-state index in [2.05, 4.69) is 9.62 Å². The summed E-state index contributed by atoms with van der Waals surface area (Å²) in [6.07, 6.45) is 0.212. The fourth-order valence-corrected chi connectivity index (χ4v) is 4.49. The highest BCUT2D eigenvalue weighted by Gasteiger charge is 2.38. The monoisotopic (exact) mass is 559 g/mol. The number of benzene rings is 1. The van der Waals surface area contributed by atoms with Gasteiger partial charge >= 0.3 is 12.1 Å². The van der Waals surface area contributed by atoms with Gasteiger partial charge in [-0.15, -0.1) is 12.4 Å². The Morgan fingerprint density at radius 2 is 1.67 bits per heavy atom. The van der Waals surface area contributed by atoms with E-state index in [1.165, 1.54) is 0 Å². The maximum atomic E-state index is 12.9. The van der Waals surface area contributed by atoms with E-state index in [1.54, 1.807) is 0 Å². The van der Waals surface area contributed by atoms with Crippen molar-refractivity contribution in [1.82, 2.24) is 14.5 Å². The standard InChI is InChI=1S/C20H31N3O4S.C2HF3O2.ClH/c1-28(26,27)21-13-17-7-5-16(6-8-17)12-20(25)23-10-3-2-4-18(23)14-22-11-9-19(24)15-22;3-2(4,5)1(6)7;/h5-8,18-19,21,24H,2-4,9-15H2,1H3;(H,6,7);1H/t18-,19?;;/m0../s1. The number of aliphatic hydroxyl groups excluding tert-OH is 1. The van der Waals surface area contributed by atoms with E-state index in [0.29, 0.717) is 13.0 Å². The van der Waals surface area contributed by atoms with Gasteiger partial charge in [-0.25, -0.2) is 17.9 Å². The van der Waals surface area contributed by atoms with Crippen LogP contribution >= 0.6 is 12.4 Å². The summed E-state index contributed by atoms with van der Waals surface area (Å²) in [6.45, 7) is 3.52. The van der Waals surface area contributed by atoms with Gasteiger partial charge in [0.2, 0.25) is 15.9 Å². The van der Waals surface area contributed by atoms with Crippen molar-refractivity contribution in [1.29, 1.82) is 0 Å². The highest BCUT2D eigenvalue weighted by Crippen LogP contribution is 2.21. The Labute approximate surface area is 215 Å². The molecule has 2 aliphatic rings. The van der Waals surface area contributed by atoms with Gasteiger partial charge in [0, 0.05) is 38.8 Å². The van der Waals surface area contributed by atoms with E-state index in [-0.39, 0.29) is 37.0 Å². The van der Waals surface area contributed by atoms with E-state index in [4.69, 9.17) is 9.90 Å². The van der Waals surface area contributed by atoms with E-state index in [0.717, 1.165) is 62.7 Å². The van der Waals surface area contributed by atoms with E-state index < -0.39 is 22.2 Å². The Morgan fingerprint density at radius 3 is 2.17 bits per heavy atom. The van der Waals surface area contributed by atoms with Crippen LogP contribution in [0.4, 0.5) is 13.2 Å². The smallest absolute Gasteiger partial charge is 0.475 e. The Kier molecular flexibility index (Phi) is 12.6. The summed E-state index contributed by atoms with van der Waals surface area (Å²) in [4.78, 5) is 26.1. The largest absolute Gasteiger partial charge is 0.490 e. The fraction of sp³-hybridized carbons (Fsp3) is 0.636. The van der Waals surface area contributed by atoms with Crippen molar-refractivity contribution in [3.8, 4) is 0 Å². The van der Waals surface area contributed by atoms with Gasteiger partial charge in [0.25, 0.3) is 0 Å². The summed E-state index contributed by atoms with van der Waals surface area (Å²) in [6, 6.07) is 7.74. The number of β-amino-alcohol motifs (C(OH)–C–C–N with tert-alkyl or cyclic N) is 1. The maximum absolute atomic E-state index is 12.9. The quantitative estimate of drug-likeness (QED) is 0.465. The first-order valence-corrected chi connectivity index (χ1v) is 13.2. The van der Waals surface area contributed by atoms with Gasteiger partial charge in [-0.3, -0.25) is 9.69 Å². The molecule has 3 N–H and O–H groups in total. The second kappa shape index (κ2) is 14.1. The second-order valence-electron chi connectivity index (χ2n) is 8.83. The zero-order valence-electron chi connectivity index (χ0n) is 19.9. The molecule has 2 saturated heterocycles. The molecule has 36 heavy (non-hydrogen) atoms. The minimum atomic E-state index is -5.08. The molecule has 0 radical (unpaired) electrons.